The Bertz CT molecular complexity index is 491. The topological polar surface area (TPSA) is 107 Å². The van der Waals surface area contributed by atoms with Crippen molar-refractivity contribution in [3.05, 3.63) is 28.2 Å². The van der Waals surface area contributed by atoms with E-state index in [1.807, 2.05) is 19.0 Å². The second kappa shape index (κ2) is 6.64. The molecule has 8 heteroatoms. The van der Waals surface area contributed by atoms with Gasteiger partial charge in [-0.2, -0.15) is 5.10 Å². The number of nitrogens with zero attached hydrogens (tertiary/aromatic N) is 3. The molecule has 0 aliphatic rings. The highest BCUT2D eigenvalue weighted by Crippen LogP contribution is 1.99. The molecule has 0 spiro atoms. The molecule has 0 fully saturated rings. The molecular formula is C11H16N4O4. The summed E-state index contributed by atoms with van der Waals surface area (Å²) in [5, 5.41) is 14.5. The van der Waals surface area contributed by atoms with Crippen LogP contribution >= 0.6 is 0 Å². The van der Waals surface area contributed by atoms with Gasteiger partial charge in [-0.25, -0.2) is 5.10 Å². The summed E-state index contributed by atoms with van der Waals surface area (Å²) >= 11 is 0. The highest BCUT2D eigenvalue weighted by Gasteiger charge is 2.19. The van der Waals surface area contributed by atoms with Crippen LogP contribution in [0.25, 0.3) is 0 Å². The third-order valence-electron chi connectivity index (χ3n) is 2.33. The molecule has 1 heterocycles. The van der Waals surface area contributed by atoms with Gasteiger partial charge in [-0.1, -0.05) is 0 Å². The Morgan fingerprint density at radius 2 is 2.00 bits per heavy atom. The van der Waals surface area contributed by atoms with E-state index in [0.29, 0.717) is 6.54 Å². The van der Waals surface area contributed by atoms with Crippen molar-refractivity contribution in [2.75, 3.05) is 33.7 Å². The van der Waals surface area contributed by atoms with E-state index in [0.717, 1.165) is 0 Å². The van der Waals surface area contributed by atoms with Crippen molar-refractivity contribution in [2.24, 2.45) is 0 Å². The average molecular weight is 268 g/mol. The van der Waals surface area contributed by atoms with Gasteiger partial charge in [0.2, 0.25) is 0 Å². The van der Waals surface area contributed by atoms with E-state index in [1.165, 1.54) is 17.0 Å². The Kier molecular flexibility index (Phi) is 5.19. The summed E-state index contributed by atoms with van der Waals surface area (Å²) in [6, 6.07) is 2.44. The van der Waals surface area contributed by atoms with Crippen LogP contribution in [0.3, 0.4) is 0 Å². The number of aromatic nitrogens is 2. The van der Waals surface area contributed by atoms with Gasteiger partial charge in [-0.15, -0.1) is 0 Å². The molecule has 0 aliphatic carbocycles. The molecule has 0 atom stereocenters. The van der Waals surface area contributed by atoms with E-state index in [1.54, 1.807) is 0 Å². The molecular weight excluding hydrogens is 252 g/mol. The minimum atomic E-state index is -1.10. The molecule has 0 saturated heterocycles. The standard InChI is InChI=1S/C11H16N4O4/c1-14(2)5-6-15(7-10(17)18)11(19)8-3-4-9(16)13-12-8/h3-4H,5-7H2,1-2H3,(H,13,16)(H,17,18). The molecule has 1 rings (SSSR count). The smallest absolute Gasteiger partial charge is 0.323 e. The largest absolute Gasteiger partial charge is 0.480 e. The molecule has 2 N–H and O–H groups in total. The first-order chi connectivity index (χ1) is 8.90. The number of aromatic amines is 1. The lowest BCUT2D eigenvalue weighted by Gasteiger charge is -2.22. The molecule has 0 aromatic carbocycles. The molecule has 0 unspecified atom stereocenters. The number of nitrogens with one attached hydrogen (secondary N) is 1. The quantitative estimate of drug-likeness (QED) is 0.675. The number of rotatable bonds is 6. The summed E-state index contributed by atoms with van der Waals surface area (Å²) in [5.41, 5.74) is -0.408. The molecule has 1 aromatic rings. The Morgan fingerprint density at radius 1 is 1.32 bits per heavy atom. The van der Waals surface area contributed by atoms with Gasteiger partial charge in [0.1, 0.15) is 12.2 Å². The lowest BCUT2D eigenvalue weighted by atomic mass is 10.3. The first kappa shape index (κ1) is 14.8. The Hall–Kier alpha value is -2.22. The molecule has 1 amide bonds. The van der Waals surface area contributed by atoms with E-state index >= 15 is 0 Å². The van der Waals surface area contributed by atoms with Crippen LogP contribution in [0.4, 0.5) is 0 Å². The fourth-order valence-electron chi connectivity index (χ4n) is 1.36. The first-order valence-electron chi connectivity index (χ1n) is 5.61. The van der Waals surface area contributed by atoms with Crippen LogP contribution in [0, 0.1) is 0 Å². The summed E-state index contributed by atoms with van der Waals surface area (Å²) in [6.45, 7) is 0.384. The van der Waals surface area contributed by atoms with Crippen LogP contribution in [0.5, 0.6) is 0 Å². The zero-order valence-corrected chi connectivity index (χ0v) is 10.8. The molecule has 1 aromatic heterocycles. The number of hydrogen-bond donors (Lipinski definition) is 2. The van der Waals surface area contributed by atoms with Crippen LogP contribution in [-0.2, 0) is 4.79 Å². The van der Waals surface area contributed by atoms with Gasteiger partial charge < -0.3 is 14.9 Å². The molecule has 104 valence electrons. The number of carboxylic acids is 1. The molecule has 0 radical (unpaired) electrons. The predicted molar refractivity (Wildman–Crippen MR) is 67.0 cm³/mol. The van der Waals surface area contributed by atoms with Crippen molar-refractivity contribution < 1.29 is 14.7 Å². The average Bonchev–Trinajstić information content (AvgIpc) is 2.34. The number of H-pyrrole nitrogens is 1. The maximum atomic E-state index is 12.1. The summed E-state index contributed by atoms with van der Waals surface area (Å²) < 4.78 is 0. The maximum absolute atomic E-state index is 12.1. The van der Waals surface area contributed by atoms with Gasteiger partial charge in [0.15, 0.2) is 0 Å². The highest BCUT2D eigenvalue weighted by atomic mass is 16.4. The third kappa shape index (κ3) is 4.88. The lowest BCUT2D eigenvalue weighted by Crippen LogP contribution is -2.40. The number of amides is 1. The predicted octanol–water partition coefficient (Wildman–Crippen LogP) is -1.14. The van der Waals surface area contributed by atoms with Crippen molar-refractivity contribution in [1.82, 2.24) is 20.0 Å². The van der Waals surface area contributed by atoms with Crippen molar-refractivity contribution in [3.63, 3.8) is 0 Å². The molecule has 0 aliphatic heterocycles. The van der Waals surface area contributed by atoms with Gasteiger partial charge in [-0.3, -0.25) is 14.4 Å². The van der Waals surface area contributed by atoms with Crippen LogP contribution in [0.1, 0.15) is 10.5 Å². The number of likely N-dealkylation sites (N-methyl/N-ethyl adjacent to an activating group) is 1. The number of carboxylic acid groups (broad SMARTS) is 1. The highest BCUT2D eigenvalue weighted by molar-refractivity contribution is 5.93. The van der Waals surface area contributed by atoms with Gasteiger partial charge in [-0.05, 0) is 20.2 Å². The maximum Gasteiger partial charge on any atom is 0.323 e. The summed E-state index contributed by atoms with van der Waals surface area (Å²) in [4.78, 5) is 36.7. The van der Waals surface area contributed by atoms with E-state index < -0.39 is 24.0 Å². The fourth-order valence-corrected chi connectivity index (χ4v) is 1.36. The molecule has 8 nitrogen and oxygen atoms in total. The van der Waals surface area contributed by atoms with Crippen LogP contribution in [-0.4, -0.2) is 70.7 Å². The zero-order valence-electron chi connectivity index (χ0n) is 10.8. The number of aliphatic carboxylic acids is 1. The van der Waals surface area contributed by atoms with Crippen LogP contribution in [0.2, 0.25) is 0 Å². The van der Waals surface area contributed by atoms with E-state index in [4.69, 9.17) is 5.11 Å². The zero-order chi connectivity index (χ0) is 14.4. The minimum Gasteiger partial charge on any atom is -0.480 e. The van der Waals surface area contributed by atoms with E-state index in [9.17, 15) is 14.4 Å². The van der Waals surface area contributed by atoms with E-state index in [-0.39, 0.29) is 12.2 Å². The van der Waals surface area contributed by atoms with Crippen molar-refractivity contribution in [2.45, 2.75) is 0 Å². The SMILES string of the molecule is CN(C)CCN(CC(=O)O)C(=O)c1ccc(=O)[nH]n1. The summed E-state index contributed by atoms with van der Waals surface area (Å²) in [5.74, 6) is -1.63. The molecule has 19 heavy (non-hydrogen) atoms. The van der Waals surface area contributed by atoms with Crippen LogP contribution < -0.4 is 5.56 Å². The monoisotopic (exact) mass is 268 g/mol. The fraction of sp³-hybridized carbons (Fsp3) is 0.455. The van der Waals surface area contributed by atoms with Crippen molar-refractivity contribution in [1.29, 1.82) is 0 Å². The number of carbonyl (C=O) groups excluding carboxylic acids is 1. The first-order valence-corrected chi connectivity index (χ1v) is 5.61. The lowest BCUT2D eigenvalue weighted by molar-refractivity contribution is -0.137. The van der Waals surface area contributed by atoms with Gasteiger partial charge in [0.25, 0.3) is 11.5 Å². The van der Waals surface area contributed by atoms with Crippen LogP contribution in [0.15, 0.2) is 16.9 Å². The Labute approximate surface area is 109 Å². The number of hydrogen-bond acceptors (Lipinski definition) is 5. The Morgan fingerprint density at radius 3 is 2.47 bits per heavy atom. The second-order valence-electron chi connectivity index (χ2n) is 4.23. The summed E-state index contributed by atoms with van der Waals surface area (Å²) in [6.07, 6.45) is 0. The van der Waals surface area contributed by atoms with E-state index in [2.05, 4.69) is 10.2 Å². The van der Waals surface area contributed by atoms with Crippen molar-refractivity contribution >= 4 is 11.9 Å². The Balaban J connectivity index is 2.83. The van der Waals surface area contributed by atoms with Gasteiger partial charge in [0.05, 0.1) is 0 Å². The number of carbonyl (C=O) groups is 2. The minimum absolute atomic E-state index is 0.0135. The second-order valence-corrected chi connectivity index (χ2v) is 4.23. The molecule has 0 saturated carbocycles. The third-order valence-corrected chi connectivity index (χ3v) is 2.33. The normalized spacial score (nSPS) is 10.5. The van der Waals surface area contributed by atoms with Gasteiger partial charge >= 0.3 is 5.97 Å². The molecule has 0 bridgehead atoms. The summed E-state index contributed by atoms with van der Waals surface area (Å²) in [7, 11) is 3.64. The van der Waals surface area contributed by atoms with Gasteiger partial charge in [0, 0.05) is 19.2 Å². The van der Waals surface area contributed by atoms with Crippen molar-refractivity contribution in [3.8, 4) is 0 Å².